The zero-order valence-corrected chi connectivity index (χ0v) is 19.4. The molecule has 1 amide bonds. The van der Waals surface area contributed by atoms with Crippen molar-refractivity contribution in [3.05, 3.63) is 59.2 Å². The van der Waals surface area contributed by atoms with Gasteiger partial charge in [-0.15, -0.1) is 0 Å². The number of hydrogen-bond donors (Lipinski definition) is 1. The second-order valence-electron chi connectivity index (χ2n) is 7.05. The van der Waals surface area contributed by atoms with Crippen LogP contribution in [0.2, 0.25) is 0 Å². The third-order valence-electron chi connectivity index (χ3n) is 4.72. The first-order valence-corrected chi connectivity index (χ1v) is 11.6. The minimum Gasteiger partial charge on any atom is -0.465 e. The standard InChI is InChI=1S/C22H26N2O7S/c1-6-19(24(32(5,28)29)16-10-7-14(2)8-11-16)20(25)23-18-13-15(21(26)30-3)9-12-17(18)22(27)31-4/h7-13,19H,6H2,1-5H3,(H,23,25). The predicted octanol–water partition coefficient (Wildman–Crippen LogP) is 2.75. The largest absolute Gasteiger partial charge is 0.465 e. The third-order valence-corrected chi connectivity index (χ3v) is 5.90. The molecule has 9 nitrogen and oxygen atoms in total. The van der Waals surface area contributed by atoms with Gasteiger partial charge in [-0.3, -0.25) is 9.10 Å². The van der Waals surface area contributed by atoms with Gasteiger partial charge in [0.25, 0.3) is 0 Å². The molecule has 0 bridgehead atoms. The van der Waals surface area contributed by atoms with Gasteiger partial charge in [-0.25, -0.2) is 18.0 Å². The Bertz CT molecular complexity index is 1110. The molecule has 10 heteroatoms. The van der Waals surface area contributed by atoms with Crippen LogP contribution in [0.4, 0.5) is 11.4 Å². The number of aryl methyl sites for hydroxylation is 1. The molecule has 0 saturated carbocycles. The van der Waals surface area contributed by atoms with Gasteiger partial charge < -0.3 is 14.8 Å². The summed E-state index contributed by atoms with van der Waals surface area (Å²) in [6, 6.07) is 9.57. The summed E-state index contributed by atoms with van der Waals surface area (Å²) in [6.07, 6.45) is 1.16. The fourth-order valence-electron chi connectivity index (χ4n) is 3.15. The van der Waals surface area contributed by atoms with E-state index in [-0.39, 0.29) is 23.2 Å². The van der Waals surface area contributed by atoms with Crippen molar-refractivity contribution in [2.45, 2.75) is 26.3 Å². The molecular weight excluding hydrogens is 436 g/mol. The van der Waals surface area contributed by atoms with E-state index in [2.05, 4.69) is 10.1 Å². The minimum absolute atomic E-state index is 0.000516. The van der Waals surface area contributed by atoms with Gasteiger partial charge in [0.15, 0.2) is 0 Å². The van der Waals surface area contributed by atoms with E-state index in [4.69, 9.17) is 4.74 Å². The highest BCUT2D eigenvalue weighted by Crippen LogP contribution is 2.25. The highest BCUT2D eigenvalue weighted by Gasteiger charge is 2.32. The molecule has 0 radical (unpaired) electrons. The van der Waals surface area contributed by atoms with Crippen molar-refractivity contribution in [1.82, 2.24) is 0 Å². The lowest BCUT2D eigenvalue weighted by molar-refractivity contribution is -0.117. The summed E-state index contributed by atoms with van der Waals surface area (Å²) >= 11 is 0. The van der Waals surface area contributed by atoms with Gasteiger partial charge in [-0.05, 0) is 43.7 Å². The van der Waals surface area contributed by atoms with E-state index >= 15 is 0 Å². The number of esters is 2. The summed E-state index contributed by atoms with van der Waals surface area (Å²) in [4.78, 5) is 37.3. The van der Waals surface area contributed by atoms with Gasteiger partial charge >= 0.3 is 11.9 Å². The summed E-state index contributed by atoms with van der Waals surface area (Å²) in [5, 5.41) is 2.58. The van der Waals surface area contributed by atoms with Gasteiger partial charge in [0.05, 0.1) is 43.0 Å². The molecule has 0 aliphatic rings. The second kappa shape index (κ2) is 10.3. The maximum Gasteiger partial charge on any atom is 0.339 e. The summed E-state index contributed by atoms with van der Waals surface area (Å²) in [5.74, 6) is -2.07. The van der Waals surface area contributed by atoms with Crippen molar-refractivity contribution in [3.8, 4) is 0 Å². The van der Waals surface area contributed by atoms with E-state index in [9.17, 15) is 22.8 Å². The summed E-state index contributed by atoms with van der Waals surface area (Å²) < 4.78 is 35.6. The smallest absolute Gasteiger partial charge is 0.339 e. The highest BCUT2D eigenvalue weighted by molar-refractivity contribution is 7.92. The Morgan fingerprint density at radius 3 is 2.09 bits per heavy atom. The van der Waals surface area contributed by atoms with E-state index in [0.29, 0.717) is 5.69 Å². The number of anilines is 2. The normalized spacial score (nSPS) is 11.9. The molecule has 1 N–H and O–H groups in total. The average molecular weight is 463 g/mol. The minimum atomic E-state index is -3.83. The van der Waals surface area contributed by atoms with E-state index in [1.165, 1.54) is 32.4 Å². The summed E-state index contributed by atoms with van der Waals surface area (Å²) in [7, 11) is -1.45. The lowest BCUT2D eigenvalue weighted by Gasteiger charge is -2.30. The molecule has 0 aromatic heterocycles. The number of carbonyl (C=O) groups excluding carboxylic acids is 3. The van der Waals surface area contributed by atoms with Gasteiger partial charge in [0.2, 0.25) is 15.9 Å². The summed E-state index contributed by atoms with van der Waals surface area (Å²) in [6.45, 7) is 3.53. The van der Waals surface area contributed by atoms with Gasteiger partial charge in [-0.1, -0.05) is 24.6 Å². The Kier molecular flexibility index (Phi) is 7.98. The lowest BCUT2D eigenvalue weighted by atomic mass is 10.1. The maximum absolute atomic E-state index is 13.2. The van der Waals surface area contributed by atoms with Crippen LogP contribution in [0.1, 0.15) is 39.6 Å². The van der Waals surface area contributed by atoms with Crippen LogP contribution in [0.3, 0.4) is 0 Å². The Morgan fingerprint density at radius 2 is 1.59 bits per heavy atom. The molecule has 1 unspecified atom stereocenters. The van der Waals surface area contributed by atoms with Crippen molar-refractivity contribution in [3.63, 3.8) is 0 Å². The number of rotatable bonds is 8. The number of amides is 1. The number of benzene rings is 2. The van der Waals surface area contributed by atoms with Crippen molar-refractivity contribution >= 4 is 39.2 Å². The monoisotopic (exact) mass is 462 g/mol. The number of nitrogens with one attached hydrogen (secondary N) is 1. The van der Waals surface area contributed by atoms with Crippen LogP contribution in [0.5, 0.6) is 0 Å². The molecule has 0 saturated heterocycles. The van der Waals surface area contributed by atoms with Crippen LogP contribution in [0, 0.1) is 6.92 Å². The van der Waals surface area contributed by atoms with Crippen LogP contribution in [0.15, 0.2) is 42.5 Å². The first-order valence-electron chi connectivity index (χ1n) is 9.71. The van der Waals surface area contributed by atoms with Crippen molar-refractivity contribution in [2.24, 2.45) is 0 Å². The molecule has 2 aromatic carbocycles. The first kappa shape index (κ1) is 24.9. The third kappa shape index (κ3) is 5.64. The Morgan fingerprint density at radius 1 is 1.00 bits per heavy atom. The van der Waals surface area contributed by atoms with E-state index < -0.39 is 33.9 Å². The predicted molar refractivity (Wildman–Crippen MR) is 120 cm³/mol. The van der Waals surface area contributed by atoms with E-state index in [1.807, 2.05) is 6.92 Å². The molecular formula is C22H26N2O7S. The molecule has 32 heavy (non-hydrogen) atoms. The molecule has 0 aliphatic heterocycles. The number of sulfonamides is 1. The van der Waals surface area contributed by atoms with Crippen LogP contribution >= 0.6 is 0 Å². The maximum atomic E-state index is 13.2. The van der Waals surface area contributed by atoms with Gasteiger partial charge in [-0.2, -0.15) is 0 Å². The average Bonchev–Trinajstić information content (AvgIpc) is 2.76. The SMILES string of the molecule is CCC(C(=O)Nc1cc(C(=O)OC)ccc1C(=O)OC)N(c1ccc(C)cc1)S(C)(=O)=O. The molecule has 2 aromatic rings. The van der Waals surface area contributed by atoms with Gasteiger partial charge in [0.1, 0.15) is 6.04 Å². The number of hydrogen-bond acceptors (Lipinski definition) is 7. The number of ether oxygens (including phenoxy) is 2. The Labute approximate surface area is 187 Å². The summed E-state index contributed by atoms with van der Waals surface area (Å²) in [5.41, 5.74) is 1.37. The molecule has 0 aliphatic carbocycles. The zero-order valence-electron chi connectivity index (χ0n) is 18.5. The van der Waals surface area contributed by atoms with Crippen LogP contribution in [-0.2, 0) is 24.3 Å². The molecule has 172 valence electrons. The van der Waals surface area contributed by atoms with Crippen molar-refractivity contribution in [1.29, 1.82) is 0 Å². The zero-order chi connectivity index (χ0) is 24.1. The van der Waals surface area contributed by atoms with E-state index in [0.717, 1.165) is 16.1 Å². The molecule has 0 heterocycles. The van der Waals surface area contributed by atoms with Crippen molar-refractivity contribution in [2.75, 3.05) is 30.1 Å². The Balaban J connectivity index is 2.50. The molecule has 0 spiro atoms. The number of methoxy groups -OCH3 is 2. The van der Waals surface area contributed by atoms with Crippen LogP contribution in [0.25, 0.3) is 0 Å². The second-order valence-corrected chi connectivity index (χ2v) is 8.91. The molecule has 1 atom stereocenters. The van der Waals surface area contributed by atoms with E-state index in [1.54, 1.807) is 31.2 Å². The molecule has 2 rings (SSSR count). The Hall–Kier alpha value is -3.40. The topological polar surface area (TPSA) is 119 Å². The van der Waals surface area contributed by atoms with Crippen LogP contribution in [-0.4, -0.2) is 52.8 Å². The highest BCUT2D eigenvalue weighted by atomic mass is 32.2. The lowest BCUT2D eigenvalue weighted by Crippen LogP contribution is -2.47. The number of carbonyl (C=O) groups is 3. The van der Waals surface area contributed by atoms with Crippen LogP contribution < -0.4 is 9.62 Å². The van der Waals surface area contributed by atoms with Crippen molar-refractivity contribution < 1.29 is 32.3 Å². The fraction of sp³-hybridized carbons (Fsp3) is 0.318. The molecule has 0 fully saturated rings. The number of nitrogens with zero attached hydrogens (tertiary/aromatic N) is 1. The fourth-order valence-corrected chi connectivity index (χ4v) is 4.36. The van der Waals surface area contributed by atoms with Gasteiger partial charge in [0, 0.05) is 0 Å². The quantitative estimate of drug-likeness (QED) is 0.599. The first-order chi connectivity index (χ1) is 15.0.